The number of amides is 2. The van der Waals surface area contributed by atoms with Crippen molar-refractivity contribution in [3.05, 3.63) is 101 Å². The highest BCUT2D eigenvalue weighted by atomic mass is 35.5. The third-order valence-corrected chi connectivity index (χ3v) is 4.59. The summed E-state index contributed by atoms with van der Waals surface area (Å²) in [5.41, 5.74) is 5.12. The molecule has 0 radical (unpaired) electrons. The number of anilines is 1. The zero-order valence-corrected chi connectivity index (χ0v) is 15.0. The van der Waals surface area contributed by atoms with Gasteiger partial charge in [0.1, 0.15) is 6.17 Å². The molecule has 0 aliphatic carbocycles. The van der Waals surface area contributed by atoms with Gasteiger partial charge in [0, 0.05) is 16.3 Å². The highest BCUT2D eigenvalue weighted by molar-refractivity contribution is 6.31. The van der Waals surface area contributed by atoms with E-state index in [1.54, 1.807) is 42.5 Å². The van der Waals surface area contributed by atoms with Gasteiger partial charge >= 0.3 is 0 Å². The van der Waals surface area contributed by atoms with Crippen molar-refractivity contribution in [1.29, 1.82) is 0 Å². The van der Waals surface area contributed by atoms with E-state index in [-0.39, 0.29) is 11.8 Å². The smallest absolute Gasteiger partial charge is 0.276 e. The van der Waals surface area contributed by atoms with Crippen LogP contribution in [0.2, 0.25) is 5.02 Å². The third-order valence-electron chi connectivity index (χ3n) is 4.35. The van der Waals surface area contributed by atoms with Gasteiger partial charge in [-0.3, -0.25) is 15.0 Å². The highest BCUT2D eigenvalue weighted by Crippen LogP contribution is 2.33. The number of fused-ring (bicyclic) bond motifs is 1. The lowest BCUT2D eigenvalue weighted by atomic mass is 10.0. The first kappa shape index (κ1) is 17.1. The molecule has 1 atom stereocenters. The third kappa shape index (κ3) is 3.37. The van der Waals surface area contributed by atoms with Crippen molar-refractivity contribution in [2.24, 2.45) is 0 Å². The second-order valence-corrected chi connectivity index (χ2v) is 6.57. The SMILES string of the molecule is O=C(NN1C(=O)c2cc(Cl)ccc2NC1c1ccccc1)c1ccccc1. The molecule has 1 heterocycles. The van der Waals surface area contributed by atoms with Crippen LogP contribution in [0.25, 0.3) is 0 Å². The van der Waals surface area contributed by atoms with Gasteiger partial charge in [0.15, 0.2) is 0 Å². The van der Waals surface area contributed by atoms with Crippen LogP contribution in [0.1, 0.15) is 32.4 Å². The van der Waals surface area contributed by atoms with Gasteiger partial charge in [-0.2, -0.15) is 0 Å². The number of nitrogens with zero attached hydrogens (tertiary/aromatic N) is 1. The number of hydrazine groups is 1. The van der Waals surface area contributed by atoms with E-state index >= 15 is 0 Å². The summed E-state index contributed by atoms with van der Waals surface area (Å²) in [6.07, 6.45) is -0.542. The second kappa shape index (κ2) is 7.13. The molecular weight excluding hydrogens is 362 g/mol. The van der Waals surface area contributed by atoms with E-state index in [2.05, 4.69) is 10.7 Å². The van der Waals surface area contributed by atoms with E-state index in [4.69, 9.17) is 11.6 Å². The van der Waals surface area contributed by atoms with Gasteiger partial charge in [-0.15, -0.1) is 0 Å². The molecule has 1 unspecified atom stereocenters. The molecular formula is C21H16ClN3O2. The van der Waals surface area contributed by atoms with Crippen LogP contribution in [0.5, 0.6) is 0 Å². The maximum atomic E-state index is 13.1. The number of halogens is 1. The van der Waals surface area contributed by atoms with Gasteiger partial charge in [-0.1, -0.05) is 60.1 Å². The molecule has 134 valence electrons. The quantitative estimate of drug-likeness (QED) is 0.717. The van der Waals surface area contributed by atoms with E-state index in [0.717, 1.165) is 5.56 Å². The summed E-state index contributed by atoms with van der Waals surface area (Å²) in [5.74, 6) is -0.693. The van der Waals surface area contributed by atoms with Crippen LogP contribution >= 0.6 is 11.6 Å². The van der Waals surface area contributed by atoms with E-state index in [1.807, 2.05) is 36.4 Å². The molecule has 5 nitrogen and oxygen atoms in total. The summed E-state index contributed by atoms with van der Waals surface area (Å²) >= 11 is 6.06. The molecule has 1 aliphatic heterocycles. The van der Waals surface area contributed by atoms with Crippen molar-refractivity contribution in [2.45, 2.75) is 6.17 Å². The molecule has 0 saturated carbocycles. The molecule has 4 rings (SSSR count). The first-order valence-corrected chi connectivity index (χ1v) is 8.82. The summed E-state index contributed by atoms with van der Waals surface area (Å²) in [4.78, 5) is 25.8. The zero-order valence-electron chi connectivity index (χ0n) is 14.2. The van der Waals surface area contributed by atoms with Gasteiger partial charge in [-0.05, 0) is 35.9 Å². The van der Waals surface area contributed by atoms with Gasteiger partial charge in [-0.25, -0.2) is 5.01 Å². The highest BCUT2D eigenvalue weighted by Gasteiger charge is 2.34. The Morgan fingerprint density at radius 1 is 0.963 bits per heavy atom. The van der Waals surface area contributed by atoms with Crippen molar-refractivity contribution in [2.75, 3.05) is 5.32 Å². The molecule has 0 aromatic heterocycles. The number of hydrogen-bond donors (Lipinski definition) is 2. The molecule has 2 N–H and O–H groups in total. The first-order valence-electron chi connectivity index (χ1n) is 8.44. The summed E-state index contributed by atoms with van der Waals surface area (Å²) in [5, 5.41) is 5.07. The molecule has 0 fully saturated rings. The fraction of sp³-hybridized carbons (Fsp3) is 0.0476. The van der Waals surface area contributed by atoms with Gasteiger partial charge in [0.25, 0.3) is 11.8 Å². The Morgan fingerprint density at radius 3 is 2.33 bits per heavy atom. The van der Waals surface area contributed by atoms with Gasteiger partial charge < -0.3 is 5.32 Å². The summed E-state index contributed by atoms with van der Waals surface area (Å²) < 4.78 is 0. The van der Waals surface area contributed by atoms with Crippen molar-refractivity contribution in [3.63, 3.8) is 0 Å². The molecule has 6 heteroatoms. The fourth-order valence-electron chi connectivity index (χ4n) is 3.02. The fourth-order valence-corrected chi connectivity index (χ4v) is 3.20. The lowest BCUT2D eigenvalue weighted by molar-refractivity contribution is 0.0491. The maximum Gasteiger partial charge on any atom is 0.276 e. The molecule has 0 saturated heterocycles. The van der Waals surface area contributed by atoms with Crippen LogP contribution in [0, 0.1) is 0 Å². The van der Waals surface area contributed by atoms with E-state index in [9.17, 15) is 9.59 Å². The maximum absolute atomic E-state index is 13.1. The minimum atomic E-state index is -0.542. The summed E-state index contributed by atoms with van der Waals surface area (Å²) in [7, 11) is 0. The average Bonchev–Trinajstić information content (AvgIpc) is 2.71. The monoisotopic (exact) mass is 377 g/mol. The van der Waals surface area contributed by atoms with Crippen LogP contribution in [0.3, 0.4) is 0 Å². The van der Waals surface area contributed by atoms with Gasteiger partial charge in [0.05, 0.1) is 5.56 Å². The second-order valence-electron chi connectivity index (χ2n) is 6.13. The predicted octanol–water partition coefficient (Wildman–Crippen LogP) is 4.25. The Kier molecular flexibility index (Phi) is 4.52. The van der Waals surface area contributed by atoms with Crippen molar-refractivity contribution in [1.82, 2.24) is 10.4 Å². The summed E-state index contributed by atoms with van der Waals surface area (Å²) in [6, 6.07) is 23.3. The molecule has 0 bridgehead atoms. The minimum Gasteiger partial charge on any atom is -0.359 e. The lowest BCUT2D eigenvalue weighted by Gasteiger charge is -2.37. The van der Waals surface area contributed by atoms with Crippen LogP contribution in [0.15, 0.2) is 78.9 Å². The Bertz CT molecular complexity index is 993. The topological polar surface area (TPSA) is 61.4 Å². The number of carbonyl (C=O) groups is 2. The molecule has 3 aromatic rings. The summed E-state index contributed by atoms with van der Waals surface area (Å²) in [6.45, 7) is 0. The number of hydrogen-bond acceptors (Lipinski definition) is 3. The molecule has 27 heavy (non-hydrogen) atoms. The number of carbonyl (C=O) groups excluding carboxylic acids is 2. The lowest BCUT2D eigenvalue weighted by Crippen LogP contribution is -2.52. The standard InChI is InChI=1S/C21H16ClN3O2/c22-16-11-12-18-17(13-16)21(27)25(19(23-18)14-7-3-1-4-8-14)24-20(26)15-9-5-2-6-10-15/h1-13,19,23H,(H,24,26). The van der Waals surface area contributed by atoms with Crippen LogP contribution in [0.4, 0.5) is 5.69 Å². The van der Waals surface area contributed by atoms with E-state index in [1.165, 1.54) is 5.01 Å². The van der Waals surface area contributed by atoms with Crippen molar-refractivity contribution in [3.8, 4) is 0 Å². The predicted molar refractivity (Wildman–Crippen MR) is 104 cm³/mol. The van der Waals surface area contributed by atoms with Crippen LogP contribution in [-0.2, 0) is 0 Å². The normalized spacial score (nSPS) is 15.7. The number of benzene rings is 3. The molecule has 1 aliphatic rings. The number of rotatable bonds is 3. The number of nitrogens with one attached hydrogen (secondary N) is 2. The first-order chi connectivity index (χ1) is 13.1. The largest absolute Gasteiger partial charge is 0.359 e. The van der Waals surface area contributed by atoms with Crippen molar-refractivity contribution >= 4 is 29.1 Å². The molecule has 0 spiro atoms. The molecule has 3 aromatic carbocycles. The van der Waals surface area contributed by atoms with E-state index < -0.39 is 6.17 Å². The Labute approximate surface area is 161 Å². The average molecular weight is 378 g/mol. The Balaban J connectivity index is 1.73. The zero-order chi connectivity index (χ0) is 18.8. The Hall–Kier alpha value is -3.31. The molecule has 2 amide bonds. The Morgan fingerprint density at radius 2 is 1.63 bits per heavy atom. The minimum absolute atomic E-state index is 0.329. The van der Waals surface area contributed by atoms with E-state index in [0.29, 0.717) is 21.8 Å². The van der Waals surface area contributed by atoms with Crippen LogP contribution in [-0.4, -0.2) is 16.8 Å². The van der Waals surface area contributed by atoms with Crippen molar-refractivity contribution < 1.29 is 9.59 Å². The van der Waals surface area contributed by atoms with Crippen LogP contribution < -0.4 is 10.7 Å². The van der Waals surface area contributed by atoms with Gasteiger partial charge in [0.2, 0.25) is 0 Å².